The van der Waals surface area contributed by atoms with Crippen molar-refractivity contribution in [2.45, 2.75) is 31.8 Å². The molecule has 2 saturated heterocycles. The van der Waals surface area contributed by atoms with E-state index >= 15 is 0 Å². The molecule has 0 N–H and O–H groups in total. The van der Waals surface area contributed by atoms with Crippen LogP contribution in [0.1, 0.15) is 18.5 Å². The fraction of sp³-hybridized carbons (Fsp3) is 0.688. The molecule has 1 saturated carbocycles. The van der Waals surface area contributed by atoms with Gasteiger partial charge in [0, 0.05) is 43.3 Å². The Labute approximate surface area is 120 Å². The molecule has 1 aromatic rings. The van der Waals surface area contributed by atoms with Crippen molar-refractivity contribution in [3.63, 3.8) is 0 Å². The number of fused-ring (bicyclic) bond motifs is 1. The highest BCUT2D eigenvalue weighted by Crippen LogP contribution is 2.38. The smallest absolute Gasteiger partial charge is 0.0640 e. The van der Waals surface area contributed by atoms with Crippen LogP contribution in [0.3, 0.4) is 0 Å². The van der Waals surface area contributed by atoms with Crippen molar-refractivity contribution in [1.29, 1.82) is 0 Å². The van der Waals surface area contributed by atoms with E-state index in [0.717, 1.165) is 37.9 Å². The lowest BCUT2D eigenvalue weighted by Gasteiger charge is -2.48. The molecule has 1 aliphatic carbocycles. The van der Waals surface area contributed by atoms with Gasteiger partial charge in [0.15, 0.2) is 0 Å². The summed E-state index contributed by atoms with van der Waals surface area (Å²) in [5.74, 6) is 0.910. The monoisotopic (exact) mass is 273 g/mol. The highest BCUT2D eigenvalue weighted by Gasteiger charge is 2.42. The van der Waals surface area contributed by atoms with E-state index in [9.17, 15) is 0 Å². The summed E-state index contributed by atoms with van der Waals surface area (Å²) in [6, 6.07) is 5.58. The second-order valence-corrected chi connectivity index (χ2v) is 6.44. The Morgan fingerprint density at radius 3 is 2.95 bits per heavy atom. The normalized spacial score (nSPS) is 31.1. The molecule has 3 aliphatic rings. The SMILES string of the molecule is Cc1cc(N2CCN3[C@@H](COC[C@@H]3C3CC3)C2)ccn1. The zero-order chi connectivity index (χ0) is 13.5. The van der Waals surface area contributed by atoms with Crippen LogP contribution in [-0.2, 0) is 4.74 Å². The van der Waals surface area contributed by atoms with Crippen molar-refractivity contribution in [2.24, 2.45) is 5.92 Å². The first-order valence-corrected chi connectivity index (χ1v) is 7.82. The van der Waals surface area contributed by atoms with E-state index in [4.69, 9.17) is 4.74 Å². The molecule has 4 heteroatoms. The lowest BCUT2D eigenvalue weighted by Crippen LogP contribution is -2.62. The van der Waals surface area contributed by atoms with Crippen LogP contribution >= 0.6 is 0 Å². The largest absolute Gasteiger partial charge is 0.378 e. The van der Waals surface area contributed by atoms with E-state index in [2.05, 4.69) is 33.8 Å². The predicted octanol–water partition coefficient (Wildman–Crippen LogP) is 1.69. The van der Waals surface area contributed by atoms with Gasteiger partial charge in [-0.1, -0.05) is 0 Å². The van der Waals surface area contributed by atoms with Gasteiger partial charge in [-0.15, -0.1) is 0 Å². The molecule has 0 unspecified atom stereocenters. The van der Waals surface area contributed by atoms with Crippen molar-refractivity contribution in [3.05, 3.63) is 24.0 Å². The maximum absolute atomic E-state index is 5.88. The van der Waals surface area contributed by atoms with Crippen LogP contribution in [0.2, 0.25) is 0 Å². The third kappa shape index (κ3) is 2.31. The highest BCUT2D eigenvalue weighted by atomic mass is 16.5. The van der Waals surface area contributed by atoms with Gasteiger partial charge in [-0.3, -0.25) is 9.88 Å². The molecule has 3 heterocycles. The van der Waals surface area contributed by atoms with Gasteiger partial charge in [0.2, 0.25) is 0 Å². The van der Waals surface area contributed by atoms with Crippen LogP contribution in [0.5, 0.6) is 0 Å². The number of hydrogen-bond donors (Lipinski definition) is 0. The van der Waals surface area contributed by atoms with Gasteiger partial charge in [-0.25, -0.2) is 0 Å². The number of anilines is 1. The van der Waals surface area contributed by atoms with Crippen LogP contribution in [0.15, 0.2) is 18.3 Å². The summed E-state index contributed by atoms with van der Waals surface area (Å²) >= 11 is 0. The van der Waals surface area contributed by atoms with Gasteiger partial charge in [0.25, 0.3) is 0 Å². The second kappa shape index (κ2) is 5.01. The topological polar surface area (TPSA) is 28.6 Å². The molecule has 3 fully saturated rings. The van der Waals surface area contributed by atoms with Crippen molar-refractivity contribution in [2.75, 3.05) is 37.7 Å². The number of aryl methyl sites for hydroxylation is 1. The molecule has 4 rings (SSSR count). The van der Waals surface area contributed by atoms with E-state index in [1.165, 1.54) is 25.1 Å². The summed E-state index contributed by atoms with van der Waals surface area (Å²) in [4.78, 5) is 9.52. The minimum absolute atomic E-state index is 0.566. The first-order valence-electron chi connectivity index (χ1n) is 7.82. The standard InChI is InChI=1S/C16H23N3O/c1-12-8-14(4-5-17-12)18-6-7-19-15(9-18)10-20-11-16(19)13-2-3-13/h4-5,8,13,15-16H,2-3,6-7,9-11H2,1H3/t15-,16-/m1/s1. The minimum Gasteiger partial charge on any atom is -0.378 e. The van der Waals surface area contributed by atoms with Crippen LogP contribution < -0.4 is 4.90 Å². The third-order valence-corrected chi connectivity index (χ3v) is 4.96. The number of morpholine rings is 1. The van der Waals surface area contributed by atoms with Gasteiger partial charge in [0.1, 0.15) is 0 Å². The fourth-order valence-electron chi connectivity index (χ4n) is 3.72. The minimum atomic E-state index is 0.566. The number of piperazine rings is 1. The molecule has 1 aromatic heterocycles. The van der Waals surface area contributed by atoms with Gasteiger partial charge in [0.05, 0.1) is 19.3 Å². The zero-order valence-corrected chi connectivity index (χ0v) is 12.2. The number of aromatic nitrogens is 1. The quantitative estimate of drug-likeness (QED) is 0.820. The summed E-state index contributed by atoms with van der Waals surface area (Å²) in [5, 5.41) is 0. The van der Waals surface area contributed by atoms with Gasteiger partial charge in [-0.2, -0.15) is 0 Å². The van der Waals surface area contributed by atoms with Crippen molar-refractivity contribution in [3.8, 4) is 0 Å². The first kappa shape index (κ1) is 12.6. The Morgan fingerprint density at radius 2 is 2.15 bits per heavy atom. The number of pyridine rings is 1. The number of rotatable bonds is 2. The Balaban J connectivity index is 1.49. The molecule has 0 spiro atoms. The molecule has 0 radical (unpaired) electrons. The summed E-state index contributed by atoms with van der Waals surface area (Å²) in [5.41, 5.74) is 2.41. The Morgan fingerprint density at radius 1 is 1.25 bits per heavy atom. The molecular weight excluding hydrogens is 250 g/mol. The van der Waals surface area contributed by atoms with Crippen molar-refractivity contribution < 1.29 is 4.74 Å². The molecule has 0 bridgehead atoms. The Kier molecular flexibility index (Phi) is 3.15. The van der Waals surface area contributed by atoms with Gasteiger partial charge in [-0.05, 0) is 37.8 Å². The van der Waals surface area contributed by atoms with E-state index in [0.29, 0.717) is 12.1 Å². The molecular formula is C16H23N3O. The predicted molar refractivity (Wildman–Crippen MR) is 79.0 cm³/mol. The summed E-state index contributed by atoms with van der Waals surface area (Å²) in [6.45, 7) is 7.30. The molecule has 0 aromatic carbocycles. The average Bonchev–Trinajstić information content (AvgIpc) is 3.30. The van der Waals surface area contributed by atoms with Crippen LogP contribution in [0, 0.1) is 12.8 Å². The molecule has 108 valence electrons. The van der Waals surface area contributed by atoms with Crippen molar-refractivity contribution in [1.82, 2.24) is 9.88 Å². The maximum Gasteiger partial charge on any atom is 0.0640 e. The van der Waals surface area contributed by atoms with Gasteiger partial charge >= 0.3 is 0 Å². The van der Waals surface area contributed by atoms with E-state index in [1.807, 2.05) is 6.20 Å². The summed E-state index contributed by atoms with van der Waals surface area (Å²) in [6.07, 6.45) is 4.73. The Bertz CT molecular complexity index is 488. The molecule has 2 aliphatic heterocycles. The third-order valence-electron chi connectivity index (χ3n) is 4.96. The maximum atomic E-state index is 5.88. The summed E-state index contributed by atoms with van der Waals surface area (Å²) in [7, 11) is 0. The van der Waals surface area contributed by atoms with Crippen molar-refractivity contribution >= 4 is 5.69 Å². The highest BCUT2D eigenvalue weighted by molar-refractivity contribution is 5.47. The second-order valence-electron chi connectivity index (χ2n) is 6.44. The molecule has 2 atom stereocenters. The first-order chi connectivity index (χ1) is 9.81. The van der Waals surface area contributed by atoms with Crippen LogP contribution in [0.4, 0.5) is 5.69 Å². The van der Waals surface area contributed by atoms with E-state index in [1.54, 1.807) is 0 Å². The molecule has 20 heavy (non-hydrogen) atoms. The van der Waals surface area contributed by atoms with Crippen LogP contribution in [0.25, 0.3) is 0 Å². The fourth-order valence-corrected chi connectivity index (χ4v) is 3.72. The Hall–Kier alpha value is -1.13. The van der Waals surface area contributed by atoms with Crippen LogP contribution in [-0.4, -0.2) is 54.8 Å². The van der Waals surface area contributed by atoms with E-state index < -0.39 is 0 Å². The number of nitrogens with zero attached hydrogens (tertiary/aromatic N) is 3. The van der Waals surface area contributed by atoms with E-state index in [-0.39, 0.29) is 0 Å². The number of hydrogen-bond acceptors (Lipinski definition) is 4. The lowest BCUT2D eigenvalue weighted by molar-refractivity contribution is -0.0603. The zero-order valence-electron chi connectivity index (χ0n) is 12.2. The molecule has 4 nitrogen and oxygen atoms in total. The number of ether oxygens (including phenoxy) is 1. The lowest BCUT2D eigenvalue weighted by atomic mass is 10.0. The summed E-state index contributed by atoms with van der Waals surface area (Å²) < 4.78 is 5.88. The average molecular weight is 273 g/mol. The van der Waals surface area contributed by atoms with Gasteiger partial charge < -0.3 is 9.64 Å². The molecule has 0 amide bonds.